The van der Waals surface area contributed by atoms with Gasteiger partial charge >= 0.3 is 0 Å². The van der Waals surface area contributed by atoms with Gasteiger partial charge in [-0.05, 0) is 38.0 Å². The lowest BCUT2D eigenvalue weighted by Crippen LogP contribution is -2.55. The maximum absolute atomic E-state index is 6.16. The summed E-state index contributed by atoms with van der Waals surface area (Å²) in [6.07, 6.45) is 4.39. The Balaban J connectivity index is 2.25. The Morgan fingerprint density at radius 1 is 1.29 bits per heavy atom. The normalized spacial score (nSPS) is 25.0. The van der Waals surface area contributed by atoms with E-state index in [4.69, 9.17) is 9.57 Å². The van der Waals surface area contributed by atoms with Crippen molar-refractivity contribution in [1.29, 1.82) is 0 Å². The molecule has 0 bridgehead atoms. The number of nitrogens with zero attached hydrogens (tertiary/aromatic N) is 1. The number of benzene rings is 1. The zero-order valence-corrected chi connectivity index (χ0v) is 13.8. The molecule has 1 aromatic rings. The number of hydrogen-bond acceptors (Lipinski definition) is 2. The molecule has 1 heterocycles. The second-order valence-corrected chi connectivity index (χ2v) is 6.25. The molecule has 0 fully saturated rings. The fourth-order valence-corrected chi connectivity index (χ4v) is 3.03. The maximum Gasteiger partial charge on any atom is 0.204 e. The van der Waals surface area contributed by atoms with Gasteiger partial charge in [-0.25, -0.2) is 0 Å². The number of ether oxygens (including phenoxy) is 1. The summed E-state index contributed by atoms with van der Waals surface area (Å²) in [6.45, 7) is 8.81. The molecule has 1 aromatic carbocycles. The monoisotopic (exact) mass is 290 g/mol. The molecule has 0 aliphatic carbocycles. The minimum atomic E-state index is 0.345. The van der Waals surface area contributed by atoms with Gasteiger partial charge in [-0.1, -0.05) is 29.8 Å². The third-order valence-corrected chi connectivity index (χ3v) is 4.43. The second kappa shape index (κ2) is 7.21. The van der Waals surface area contributed by atoms with Crippen molar-refractivity contribution in [2.24, 2.45) is 0 Å². The van der Waals surface area contributed by atoms with Crippen molar-refractivity contribution in [1.82, 2.24) is 0 Å². The molecule has 21 heavy (non-hydrogen) atoms. The smallest absolute Gasteiger partial charge is 0.204 e. The minimum absolute atomic E-state index is 0.345. The summed E-state index contributed by atoms with van der Waals surface area (Å²) in [4.78, 5) is 6.16. The van der Waals surface area contributed by atoms with Crippen LogP contribution < -0.4 is 0 Å². The Labute approximate surface area is 128 Å². The van der Waals surface area contributed by atoms with E-state index in [-0.39, 0.29) is 0 Å². The molecule has 2 rings (SSSR count). The molecule has 2 unspecified atom stereocenters. The van der Waals surface area contributed by atoms with Gasteiger partial charge in [0.05, 0.1) is 0 Å². The summed E-state index contributed by atoms with van der Waals surface area (Å²) in [6, 6.07) is 9.19. The van der Waals surface area contributed by atoms with E-state index in [1.165, 1.54) is 16.7 Å². The number of hydroxylamine groups is 3. The van der Waals surface area contributed by atoms with Crippen LogP contribution in [0.25, 0.3) is 0 Å². The highest BCUT2D eigenvalue weighted by molar-refractivity contribution is 5.28. The molecule has 2 atom stereocenters. The van der Waals surface area contributed by atoms with Gasteiger partial charge in [0.2, 0.25) is 6.79 Å². The summed E-state index contributed by atoms with van der Waals surface area (Å²) >= 11 is 0. The van der Waals surface area contributed by atoms with Crippen LogP contribution in [-0.2, 0) is 22.4 Å². The largest absolute Gasteiger partial charge is 0.353 e. The Kier molecular flexibility index (Phi) is 5.57. The number of hydrogen-bond donors (Lipinski definition) is 0. The Morgan fingerprint density at radius 2 is 2.00 bits per heavy atom. The maximum atomic E-state index is 6.16. The molecule has 0 saturated heterocycles. The predicted molar refractivity (Wildman–Crippen MR) is 85.7 cm³/mol. The lowest BCUT2D eigenvalue weighted by atomic mass is 10.0. The standard InChI is InChI=1S/C18H28NO2/c1-15(2)9-11-19(21-14-20-4)12-10-17-7-5-6-8-18(17)13-16(19)3/h5-9,16H,10-14H2,1-4H3/q+1. The van der Waals surface area contributed by atoms with Crippen LogP contribution in [0.15, 0.2) is 35.9 Å². The van der Waals surface area contributed by atoms with Crippen molar-refractivity contribution in [2.75, 3.05) is 27.0 Å². The number of rotatable bonds is 5. The fourth-order valence-electron chi connectivity index (χ4n) is 3.03. The van der Waals surface area contributed by atoms with Crippen LogP contribution in [0.2, 0.25) is 0 Å². The first-order valence-electron chi connectivity index (χ1n) is 7.78. The van der Waals surface area contributed by atoms with Crippen molar-refractivity contribution in [3.05, 3.63) is 47.0 Å². The second-order valence-electron chi connectivity index (χ2n) is 6.25. The van der Waals surface area contributed by atoms with Crippen molar-refractivity contribution in [3.8, 4) is 0 Å². The van der Waals surface area contributed by atoms with E-state index < -0.39 is 0 Å². The van der Waals surface area contributed by atoms with Crippen molar-refractivity contribution >= 4 is 0 Å². The van der Waals surface area contributed by atoms with E-state index in [2.05, 4.69) is 51.1 Å². The van der Waals surface area contributed by atoms with Crippen LogP contribution in [-0.4, -0.2) is 37.7 Å². The highest BCUT2D eigenvalue weighted by Crippen LogP contribution is 2.27. The van der Waals surface area contributed by atoms with Crippen molar-refractivity contribution in [3.63, 3.8) is 0 Å². The van der Waals surface area contributed by atoms with E-state index >= 15 is 0 Å². The first-order chi connectivity index (χ1) is 10.1. The summed E-state index contributed by atoms with van der Waals surface area (Å²) in [5.74, 6) is 0. The quantitative estimate of drug-likeness (QED) is 0.469. The SMILES string of the molecule is COCO[N+]1(CC=C(C)C)CCc2ccccc2CC1C. The summed E-state index contributed by atoms with van der Waals surface area (Å²) in [5.41, 5.74) is 4.26. The molecule has 0 amide bonds. The number of allylic oxidation sites excluding steroid dienone is 1. The fraction of sp³-hybridized carbons (Fsp3) is 0.556. The zero-order chi connectivity index (χ0) is 15.3. The van der Waals surface area contributed by atoms with Gasteiger partial charge in [-0.15, -0.1) is 0 Å². The van der Waals surface area contributed by atoms with Gasteiger partial charge in [0, 0.05) is 20.0 Å². The first-order valence-corrected chi connectivity index (χ1v) is 7.78. The van der Waals surface area contributed by atoms with Crippen LogP contribution in [0, 0.1) is 0 Å². The van der Waals surface area contributed by atoms with Crippen LogP contribution in [0.1, 0.15) is 31.9 Å². The van der Waals surface area contributed by atoms with E-state index in [1.54, 1.807) is 7.11 Å². The highest BCUT2D eigenvalue weighted by atomic mass is 16.8. The number of quaternary nitrogens is 1. The third-order valence-electron chi connectivity index (χ3n) is 4.43. The van der Waals surface area contributed by atoms with Gasteiger partial charge in [-0.3, -0.25) is 0 Å². The van der Waals surface area contributed by atoms with Crippen LogP contribution >= 0.6 is 0 Å². The molecular weight excluding hydrogens is 262 g/mol. The molecule has 0 spiro atoms. The average Bonchev–Trinajstić information content (AvgIpc) is 2.61. The zero-order valence-electron chi connectivity index (χ0n) is 13.8. The van der Waals surface area contributed by atoms with Crippen LogP contribution in [0.5, 0.6) is 0 Å². The first kappa shape index (κ1) is 16.2. The molecule has 1 aliphatic rings. The average molecular weight is 290 g/mol. The van der Waals surface area contributed by atoms with Crippen molar-refractivity contribution < 1.29 is 14.2 Å². The molecule has 0 saturated carbocycles. The van der Waals surface area contributed by atoms with Gasteiger partial charge in [0.1, 0.15) is 19.1 Å². The van der Waals surface area contributed by atoms with E-state index in [9.17, 15) is 0 Å². The minimum Gasteiger partial charge on any atom is -0.353 e. The highest BCUT2D eigenvalue weighted by Gasteiger charge is 2.38. The predicted octanol–water partition coefficient (Wildman–Crippen LogP) is 3.49. The molecular formula is C18H28NO2+. The Bertz CT molecular complexity index is 494. The molecule has 1 aliphatic heterocycles. The van der Waals surface area contributed by atoms with Gasteiger partial charge in [-0.2, -0.15) is 9.48 Å². The Morgan fingerprint density at radius 3 is 2.67 bits per heavy atom. The molecule has 3 heteroatoms. The lowest BCUT2D eigenvalue weighted by Gasteiger charge is -2.38. The van der Waals surface area contributed by atoms with Gasteiger partial charge in [0.15, 0.2) is 0 Å². The molecule has 0 N–H and O–H groups in total. The molecule has 116 valence electrons. The molecule has 3 nitrogen and oxygen atoms in total. The van der Waals surface area contributed by atoms with E-state index in [0.29, 0.717) is 17.5 Å². The van der Waals surface area contributed by atoms with Gasteiger partial charge in [0.25, 0.3) is 0 Å². The topological polar surface area (TPSA) is 18.5 Å². The van der Waals surface area contributed by atoms with Gasteiger partial charge < -0.3 is 4.74 Å². The summed E-state index contributed by atoms with van der Waals surface area (Å²) in [7, 11) is 1.69. The number of methoxy groups -OCH3 is 1. The Hall–Kier alpha value is -1.16. The summed E-state index contributed by atoms with van der Waals surface area (Å²) < 4.78 is 5.83. The van der Waals surface area contributed by atoms with E-state index in [1.807, 2.05) is 0 Å². The third kappa shape index (κ3) is 3.94. The van der Waals surface area contributed by atoms with Crippen LogP contribution in [0.3, 0.4) is 0 Å². The van der Waals surface area contributed by atoms with E-state index in [0.717, 1.165) is 25.9 Å². The summed E-state index contributed by atoms with van der Waals surface area (Å²) in [5, 5.41) is 0. The van der Waals surface area contributed by atoms with Crippen molar-refractivity contribution in [2.45, 2.75) is 39.7 Å². The van der Waals surface area contributed by atoms with Crippen LogP contribution in [0.4, 0.5) is 0 Å². The lowest BCUT2D eigenvalue weighted by molar-refractivity contribution is -1.12. The number of fused-ring (bicyclic) bond motifs is 1. The molecule has 0 radical (unpaired) electrons. The molecule has 0 aromatic heterocycles.